The molecule has 4 aliphatic rings. The SMILES string of the molecule is C.C.CC1(C)O[C@H]2[C@@H](O1)[C@H](n1ccc3c(Cl)ncnc31)O[C@@H]2[C@H](O)c1ccc(Cl)cc1.NNc1ncnc2c1ccn2[C@@H]1O[C@H]([C@H](O)c2ccc(Cl)cc2)[C@@H](O)[C@H]1O.O[C@@H]1[C@H](O)[C@@H]([C@H](O)c2ccc(Cl)cc2)O[C@H]1n1ccc2c(Cl)ncnc21. The fourth-order valence-electron chi connectivity index (χ4n) is 10.6. The van der Waals surface area contributed by atoms with E-state index < -0.39 is 97.7 Å². The number of hydrazine groups is 1. The third-order valence-corrected chi connectivity index (χ3v) is 15.9. The van der Waals surface area contributed by atoms with E-state index in [1.54, 1.807) is 106 Å². The number of rotatable bonds is 10. The van der Waals surface area contributed by atoms with Gasteiger partial charge < -0.3 is 78.6 Å². The zero-order valence-electron chi connectivity index (χ0n) is 42.9. The molecule has 6 aromatic heterocycles. The van der Waals surface area contributed by atoms with Crippen molar-refractivity contribution in [2.24, 2.45) is 5.84 Å². The topological polar surface area (TPSA) is 318 Å². The summed E-state index contributed by atoms with van der Waals surface area (Å²) in [4.78, 5) is 24.7. The molecule has 446 valence electrons. The van der Waals surface area contributed by atoms with Crippen molar-refractivity contribution in [2.45, 2.75) is 126 Å². The van der Waals surface area contributed by atoms with Gasteiger partial charge in [0.25, 0.3) is 0 Å². The van der Waals surface area contributed by atoms with E-state index in [0.29, 0.717) is 75.8 Å². The first-order valence-electron chi connectivity index (χ1n) is 25.4. The minimum atomic E-state index is -1.30. The maximum Gasteiger partial charge on any atom is 0.164 e. The van der Waals surface area contributed by atoms with Crippen molar-refractivity contribution >= 4 is 96.9 Å². The highest BCUT2D eigenvalue weighted by molar-refractivity contribution is 6.34. The number of benzene rings is 3. The molecular weight excluding hydrogens is 1200 g/mol. The maximum absolute atomic E-state index is 11.0. The molecule has 28 heteroatoms. The van der Waals surface area contributed by atoms with Crippen LogP contribution in [0.1, 0.15) is 82.4 Å². The highest BCUT2D eigenvalue weighted by Gasteiger charge is 2.58. The van der Waals surface area contributed by atoms with Crippen LogP contribution in [-0.4, -0.2) is 140 Å². The minimum absolute atomic E-state index is 0. The van der Waals surface area contributed by atoms with Gasteiger partial charge in [-0.15, -0.1) is 0 Å². The molecule has 13 rings (SSSR count). The monoisotopic (exact) mass is 1250 g/mol. The lowest BCUT2D eigenvalue weighted by Crippen LogP contribution is -2.34. The van der Waals surface area contributed by atoms with E-state index in [-0.39, 0.29) is 20.0 Å². The molecule has 3 aromatic carbocycles. The summed E-state index contributed by atoms with van der Waals surface area (Å²) in [5.41, 5.74) is 5.77. The number of hydrogen-bond donors (Lipinski definition) is 9. The molecule has 0 spiro atoms. The van der Waals surface area contributed by atoms with Crippen LogP contribution < -0.4 is 11.3 Å². The Bertz CT molecular complexity index is 3700. The predicted octanol–water partition coefficient (Wildman–Crippen LogP) is 7.98. The molecule has 4 aliphatic heterocycles. The van der Waals surface area contributed by atoms with E-state index in [4.69, 9.17) is 87.5 Å². The molecule has 0 bridgehead atoms. The molecule has 0 radical (unpaired) electrons. The molecule has 9 aromatic rings. The number of ether oxygens (including phenoxy) is 5. The van der Waals surface area contributed by atoms with Crippen LogP contribution in [0.2, 0.25) is 25.4 Å². The van der Waals surface area contributed by atoms with Crippen LogP contribution >= 0.6 is 58.0 Å². The van der Waals surface area contributed by atoms with E-state index >= 15 is 0 Å². The number of aliphatic hydroxyl groups excluding tert-OH is 7. The quantitative estimate of drug-likeness (QED) is 0.0356. The van der Waals surface area contributed by atoms with E-state index in [1.807, 2.05) is 30.7 Å². The molecule has 0 amide bonds. The van der Waals surface area contributed by atoms with E-state index in [0.717, 1.165) is 0 Å². The fraction of sp³-hybridized carbons (Fsp3) is 0.357. The molecule has 15 atom stereocenters. The van der Waals surface area contributed by atoms with Crippen molar-refractivity contribution in [2.75, 3.05) is 5.43 Å². The second-order valence-electron chi connectivity index (χ2n) is 20.1. The molecule has 4 saturated heterocycles. The van der Waals surface area contributed by atoms with Gasteiger partial charge >= 0.3 is 0 Å². The Kier molecular flexibility index (Phi) is 19.2. The van der Waals surface area contributed by atoms with Gasteiger partial charge in [-0.1, -0.05) is 109 Å². The van der Waals surface area contributed by atoms with Gasteiger partial charge in [-0.25, -0.2) is 35.7 Å². The van der Waals surface area contributed by atoms with Gasteiger partial charge in [0, 0.05) is 33.7 Å². The molecule has 10 heterocycles. The van der Waals surface area contributed by atoms with Gasteiger partial charge in [-0.05, 0) is 85.1 Å². The minimum Gasteiger partial charge on any atom is -0.387 e. The molecule has 84 heavy (non-hydrogen) atoms. The Labute approximate surface area is 505 Å². The molecular formula is C56H60Cl5N11O12. The number of aliphatic hydroxyl groups is 7. The predicted molar refractivity (Wildman–Crippen MR) is 313 cm³/mol. The van der Waals surface area contributed by atoms with Crippen molar-refractivity contribution in [3.63, 3.8) is 0 Å². The van der Waals surface area contributed by atoms with E-state index in [9.17, 15) is 35.7 Å². The summed E-state index contributed by atoms with van der Waals surface area (Å²) in [7, 11) is 0. The van der Waals surface area contributed by atoms with Gasteiger partial charge in [0.1, 0.15) is 119 Å². The summed E-state index contributed by atoms with van der Waals surface area (Å²) < 4.78 is 35.1. The summed E-state index contributed by atoms with van der Waals surface area (Å²) >= 11 is 29.9. The van der Waals surface area contributed by atoms with Crippen molar-refractivity contribution in [1.29, 1.82) is 0 Å². The lowest BCUT2D eigenvalue weighted by Gasteiger charge is -2.27. The van der Waals surface area contributed by atoms with Crippen molar-refractivity contribution in [1.82, 2.24) is 43.6 Å². The van der Waals surface area contributed by atoms with E-state index in [1.165, 1.54) is 19.0 Å². The second kappa shape index (κ2) is 25.7. The number of nitrogens with one attached hydrogen (secondary N) is 1. The first kappa shape index (κ1) is 62.8. The maximum atomic E-state index is 11.0. The van der Waals surface area contributed by atoms with Crippen molar-refractivity contribution < 1.29 is 59.4 Å². The first-order valence-corrected chi connectivity index (χ1v) is 27.3. The normalized spacial score (nSPS) is 27.0. The summed E-state index contributed by atoms with van der Waals surface area (Å²) in [6.07, 6.45) is -5.15. The van der Waals surface area contributed by atoms with Gasteiger partial charge in [0.05, 0.1) is 16.2 Å². The highest BCUT2D eigenvalue weighted by Crippen LogP contribution is 2.48. The lowest BCUT2D eigenvalue weighted by atomic mass is 9.99. The summed E-state index contributed by atoms with van der Waals surface area (Å²) in [5, 5.41) is 78.3. The number of aromatic nitrogens is 9. The van der Waals surface area contributed by atoms with Crippen LogP contribution in [0, 0.1) is 0 Å². The third-order valence-electron chi connectivity index (χ3n) is 14.6. The summed E-state index contributed by atoms with van der Waals surface area (Å²) in [6.45, 7) is 3.70. The molecule has 0 aliphatic carbocycles. The number of nitrogen functional groups attached to an aromatic ring is 1. The van der Waals surface area contributed by atoms with Crippen LogP contribution in [0.4, 0.5) is 5.82 Å². The number of anilines is 1. The van der Waals surface area contributed by atoms with Crippen LogP contribution in [0.15, 0.2) is 129 Å². The molecule has 4 fully saturated rings. The zero-order valence-corrected chi connectivity index (χ0v) is 46.7. The molecule has 0 saturated carbocycles. The summed E-state index contributed by atoms with van der Waals surface area (Å²) in [5.74, 6) is 5.07. The Hall–Kier alpha value is -5.75. The van der Waals surface area contributed by atoms with Crippen LogP contribution in [0.3, 0.4) is 0 Å². The number of hydrogen-bond acceptors (Lipinski definition) is 20. The number of nitrogens with two attached hydrogens (primary N) is 1. The lowest BCUT2D eigenvalue weighted by molar-refractivity contribution is -0.207. The number of nitrogens with zero attached hydrogens (tertiary/aromatic N) is 9. The van der Waals surface area contributed by atoms with Gasteiger partial charge in [-0.2, -0.15) is 0 Å². The average Bonchev–Trinajstić information content (AvgIpc) is 1.82. The van der Waals surface area contributed by atoms with Gasteiger partial charge in [-0.3, -0.25) is 0 Å². The Morgan fingerprint density at radius 2 is 0.810 bits per heavy atom. The van der Waals surface area contributed by atoms with Crippen LogP contribution in [0.5, 0.6) is 0 Å². The van der Waals surface area contributed by atoms with E-state index in [2.05, 4.69) is 35.3 Å². The zero-order chi connectivity index (χ0) is 57.9. The van der Waals surface area contributed by atoms with Crippen LogP contribution in [-0.2, 0) is 23.7 Å². The van der Waals surface area contributed by atoms with Crippen LogP contribution in [0.25, 0.3) is 33.1 Å². The van der Waals surface area contributed by atoms with Crippen molar-refractivity contribution in [3.05, 3.63) is 171 Å². The smallest absolute Gasteiger partial charge is 0.164 e. The Balaban J connectivity index is 0.000000150. The average molecular weight is 1260 g/mol. The highest BCUT2D eigenvalue weighted by atomic mass is 35.5. The first-order chi connectivity index (χ1) is 39.3. The van der Waals surface area contributed by atoms with Crippen molar-refractivity contribution in [3.8, 4) is 0 Å². The molecule has 10 N–H and O–H groups in total. The molecule has 0 unspecified atom stereocenters. The number of fused-ring (bicyclic) bond motifs is 4. The Morgan fingerprint density at radius 3 is 1.23 bits per heavy atom. The largest absolute Gasteiger partial charge is 0.387 e. The standard InChI is InChI=1S/C20H19Cl2N3O4.C17H15Cl2N3O4.C17H18ClN5O4.2CH4/c1-20(2)28-15-14(13(26)10-3-5-11(21)6-4-10)27-19(16(15)29-20)25-8-7-12-17(22)23-9-24-18(12)25;18-9-3-1-8(2-4-9)11(23)14-12(24)13(25)17(26-14)22-6-5-10-15(19)20-7-21-16(10)22;18-9-3-1-8(2-4-9)11(24)14-12(25)13(26)17(27-14)23-6-5-10-15(22-19)20-7-21-16(10)23;;/h3-9,13-16,19,26H,1-2H3;1-7,11-14,17,23-25H;1-7,11-14,17,24-26H,19H2,(H,20,21,22);2*1H4/t13-,14-,15-,16-,19-;2*11-,12+,13-,14-,17-;;/m111../s1. The summed E-state index contributed by atoms with van der Waals surface area (Å²) in [6, 6.07) is 25.4. The van der Waals surface area contributed by atoms with Gasteiger partial charge in [0.15, 0.2) is 30.3 Å². The third kappa shape index (κ3) is 12.1. The second-order valence-corrected chi connectivity index (χ2v) is 22.1. The van der Waals surface area contributed by atoms with Gasteiger partial charge in [0.2, 0.25) is 0 Å². The number of halogens is 5. The molecule has 23 nitrogen and oxygen atoms in total. The Morgan fingerprint density at radius 1 is 0.464 bits per heavy atom. The fourth-order valence-corrected chi connectivity index (χ4v) is 11.3.